The first kappa shape index (κ1) is 23.2. The van der Waals surface area contributed by atoms with E-state index in [2.05, 4.69) is 32.4 Å². The maximum atomic E-state index is 14.5. The van der Waals surface area contributed by atoms with Crippen LogP contribution in [0.3, 0.4) is 0 Å². The molecule has 1 amide bonds. The molecule has 0 bridgehead atoms. The van der Waals surface area contributed by atoms with E-state index < -0.39 is 5.82 Å². The van der Waals surface area contributed by atoms with E-state index in [9.17, 15) is 9.18 Å². The van der Waals surface area contributed by atoms with Gasteiger partial charge in [-0.05, 0) is 38.0 Å². The van der Waals surface area contributed by atoms with Crippen LogP contribution >= 0.6 is 11.6 Å². The van der Waals surface area contributed by atoms with Gasteiger partial charge in [-0.1, -0.05) is 30.9 Å². The topological polar surface area (TPSA) is 75.1 Å². The summed E-state index contributed by atoms with van der Waals surface area (Å²) in [7, 11) is 0. The Kier molecular flexibility index (Phi) is 6.55. The average molecular weight is 485 g/mol. The van der Waals surface area contributed by atoms with Crippen molar-refractivity contribution in [1.82, 2.24) is 30.1 Å². The Morgan fingerprint density at radius 2 is 2.09 bits per heavy atom. The number of carbonyl (C=O) groups is 1. The summed E-state index contributed by atoms with van der Waals surface area (Å²) in [6, 6.07) is 4.93. The highest BCUT2D eigenvalue weighted by molar-refractivity contribution is 6.36. The van der Waals surface area contributed by atoms with Gasteiger partial charge in [0.2, 0.25) is 0 Å². The number of nitrogens with zero attached hydrogens (tertiary/aromatic N) is 4. The number of nitrogens with one attached hydrogen (secondary N) is 2. The smallest absolute Gasteiger partial charge is 0.253 e. The number of amides is 1. The molecule has 180 valence electrons. The van der Waals surface area contributed by atoms with Crippen molar-refractivity contribution in [3.05, 3.63) is 53.2 Å². The first-order valence-corrected chi connectivity index (χ1v) is 12.4. The van der Waals surface area contributed by atoms with Crippen molar-refractivity contribution in [2.75, 3.05) is 26.2 Å². The number of hydrogen-bond acceptors (Lipinski definition) is 5. The zero-order chi connectivity index (χ0) is 23.7. The Hall–Kier alpha value is -2.55. The largest absolute Gasteiger partial charge is 0.350 e. The monoisotopic (exact) mass is 484 g/mol. The maximum Gasteiger partial charge on any atom is 0.253 e. The van der Waals surface area contributed by atoms with E-state index in [1.54, 1.807) is 18.5 Å². The van der Waals surface area contributed by atoms with Gasteiger partial charge in [-0.15, -0.1) is 0 Å². The van der Waals surface area contributed by atoms with Gasteiger partial charge in [0.25, 0.3) is 5.91 Å². The molecule has 2 N–H and O–H groups in total. The minimum absolute atomic E-state index is 0.0439. The van der Waals surface area contributed by atoms with Crippen LogP contribution < -0.4 is 10.6 Å². The summed E-state index contributed by atoms with van der Waals surface area (Å²) in [5.41, 5.74) is 0.731. The highest BCUT2D eigenvalue weighted by Gasteiger charge is 2.40. The van der Waals surface area contributed by atoms with Crippen molar-refractivity contribution in [3.8, 4) is 5.82 Å². The van der Waals surface area contributed by atoms with E-state index in [1.807, 2.05) is 0 Å². The van der Waals surface area contributed by atoms with Crippen LogP contribution in [0.1, 0.15) is 49.4 Å². The summed E-state index contributed by atoms with van der Waals surface area (Å²) in [4.78, 5) is 24.6. The third kappa shape index (κ3) is 4.30. The van der Waals surface area contributed by atoms with Crippen LogP contribution in [0.2, 0.25) is 5.02 Å². The molecule has 0 spiro atoms. The third-order valence-corrected chi connectivity index (χ3v) is 7.56. The Balaban J connectivity index is 1.46. The number of carbonyl (C=O) groups excluding carboxylic acids is 1. The predicted molar refractivity (Wildman–Crippen MR) is 131 cm³/mol. The summed E-state index contributed by atoms with van der Waals surface area (Å²) in [6.45, 7) is 5.70. The SMILES string of the molecule is C[C@@H]1CN(C2(CNC(=O)c3cn(-c4ncccc4F)c4nccc(Cl)c34)CCCCC2)CCN1. The van der Waals surface area contributed by atoms with Crippen LogP contribution in [0.15, 0.2) is 36.8 Å². The molecule has 1 atom stereocenters. The number of halogens is 2. The summed E-state index contributed by atoms with van der Waals surface area (Å²) >= 11 is 6.50. The van der Waals surface area contributed by atoms with E-state index in [1.165, 1.54) is 42.2 Å². The van der Waals surface area contributed by atoms with Gasteiger partial charge in [0.05, 0.1) is 16.0 Å². The molecule has 1 aliphatic carbocycles. The second kappa shape index (κ2) is 9.60. The fraction of sp³-hybridized carbons (Fsp3) is 0.480. The van der Waals surface area contributed by atoms with Crippen molar-refractivity contribution >= 4 is 28.5 Å². The lowest BCUT2D eigenvalue weighted by Crippen LogP contribution is -2.63. The quantitative estimate of drug-likeness (QED) is 0.573. The van der Waals surface area contributed by atoms with Crippen molar-refractivity contribution < 1.29 is 9.18 Å². The van der Waals surface area contributed by atoms with Crippen LogP contribution in [0.4, 0.5) is 4.39 Å². The predicted octanol–water partition coefficient (Wildman–Crippen LogP) is 3.94. The van der Waals surface area contributed by atoms with Crippen LogP contribution in [-0.2, 0) is 0 Å². The molecule has 7 nitrogen and oxygen atoms in total. The number of piperazine rings is 1. The molecule has 3 aromatic rings. The number of fused-ring (bicyclic) bond motifs is 1. The summed E-state index contributed by atoms with van der Waals surface area (Å²) in [6.07, 6.45) is 10.4. The van der Waals surface area contributed by atoms with Crippen molar-refractivity contribution in [2.45, 2.75) is 50.6 Å². The van der Waals surface area contributed by atoms with E-state index in [0.717, 1.165) is 32.5 Å². The molecule has 5 rings (SSSR count). The molecule has 9 heteroatoms. The minimum Gasteiger partial charge on any atom is -0.350 e. The molecule has 1 aliphatic heterocycles. The van der Waals surface area contributed by atoms with Crippen molar-refractivity contribution in [2.24, 2.45) is 0 Å². The second-order valence-electron chi connectivity index (χ2n) is 9.48. The minimum atomic E-state index is -0.498. The molecule has 2 fully saturated rings. The highest BCUT2D eigenvalue weighted by Crippen LogP contribution is 2.35. The Labute approximate surface area is 203 Å². The second-order valence-corrected chi connectivity index (χ2v) is 9.89. The van der Waals surface area contributed by atoms with Crippen LogP contribution in [0.25, 0.3) is 16.9 Å². The van der Waals surface area contributed by atoms with Gasteiger partial charge in [0.1, 0.15) is 5.65 Å². The summed E-state index contributed by atoms with van der Waals surface area (Å²) < 4.78 is 16.0. The van der Waals surface area contributed by atoms with Gasteiger partial charge < -0.3 is 10.6 Å². The molecule has 0 radical (unpaired) electrons. The normalized spacial score (nSPS) is 21.0. The first-order valence-electron chi connectivity index (χ1n) is 12.0. The van der Waals surface area contributed by atoms with Crippen LogP contribution in [-0.4, -0.2) is 63.1 Å². The zero-order valence-corrected chi connectivity index (χ0v) is 20.1. The van der Waals surface area contributed by atoms with Gasteiger partial charge >= 0.3 is 0 Å². The molecule has 0 aromatic carbocycles. The summed E-state index contributed by atoms with van der Waals surface area (Å²) in [5, 5.41) is 7.62. The Morgan fingerprint density at radius 3 is 2.85 bits per heavy atom. The van der Waals surface area contributed by atoms with E-state index >= 15 is 0 Å². The number of pyridine rings is 2. The molecule has 4 heterocycles. The van der Waals surface area contributed by atoms with Gasteiger partial charge in [-0.2, -0.15) is 0 Å². The van der Waals surface area contributed by atoms with Gasteiger partial charge in [0.15, 0.2) is 11.6 Å². The Morgan fingerprint density at radius 1 is 1.26 bits per heavy atom. The molecular formula is C25H30ClFN6O. The Bertz CT molecular complexity index is 1190. The molecule has 3 aromatic heterocycles. The van der Waals surface area contributed by atoms with E-state index in [4.69, 9.17) is 11.6 Å². The standard InChI is InChI=1S/C25H30ClFN6O/c1-17-14-32(13-12-28-17)25(8-3-2-4-9-25)16-31-24(34)18-15-33(22-20(27)6-5-10-29-22)23-21(18)19(26)7-11-30-23/h5-7,10-11,15,17,28H,2-4,8-9,12-14,16H2,1H3,(H,31,34)/t17-/m1/s1. The fourth-order valence-electron chi connectivity index (χ4n) is 5.52. The zero-order valence-electron chi connectivity index (χ0n) is 19.4. The molecule has 1 saturated heterocycles. The molecule has 34 heavy (non-hydrogen) atoms. The average Bonchev–Trinajstić information content (AvgIpc) is 3.24. The van der Waals surface area contributed by atoms with Crippen LogP contribution in [0, 0.1) is 5.82 Å². The van der Waals surface area contributed by atoms with Crippen molar-refractivity contribution in [1.29, 1.82) is 0 Å². The third-order valence-electron chi connectivity index (χ3n) is 7.25. The number of rotatable bonds is 5. The molecular weight excluding hydrogens is 455 g/mol. The van der Waals surface area contributed by atoms with Gasteiger partial charge in [-0.25, -0.2) is 14.4 Å². The van der Waals surface area contributed by atoms with E-state index in [0.29, 0.717) is 34.2 Å². The first-order chi connectivity index (χ1) is 16.5. The lowest BCUT2D eigenvalue weighted by Gasteiger charge is -2.49. The maximum absolute atomic E-state index is 14.5. The molecule has 0 unspecified atom stereocenters. The lowest BCUT2D eigenvalue weighted by molar-refractivity contribution is 0.0273. The molecule has 1 saturated carbocycles. The van der Waals surface area contributed by atoms with Crippen LogP contribution in [0.5, 0.6) is 0 Å². The van der Waals surface area contributed by atoms with Crippen molar-refractivity contribution in [3.63, 3.8) is 0 Å². The number of hydrogen-bond donors (Lipinski definition) is 2. The van der Waals surface area contributed by atoms with Gasteiger partial charge in [0, 0.05) is 56.4 Å². The fourth-order valence-corrected chi connectivity index (χ4v) is 5.76. The van der Waals surface area contributed by atoms with Gasteiger partial charge in [-0.3, -0.25) is 14.3 Å². The lowest BCUT2D eigenvalue weighted by atomic mass is 9.79. The number of aromatic nitrogens is 3. The van der Waals surface area contributed by atoms with E-state index in [-0.39, 0.29) is 17.3 Å². The molecule has 2 aliphatic rings. The summed E-state index contributed by atoms with van der Waals surface area (Å²) in [5.74, 6) is -0.648. The highest BCUT2D eigenvalue weighted by atomic mass is 35.5.